The monoisotopic (exact) mass is 391 g/mol. The Morgan fingerprint density at radius 1 is 1.20 bits per heavy atom. The van der Waals surface area contributed by atoms with Crippen molar-refractivity contribution in [3.8, 4) is 0 Å². The minimum absolute atomic E-state index is 0.275. The van der Waals surface area contributed by atoms with Gasteiger partial charge in [0, 0.05) is 22.3 Å². The molecule has 1 atom stereocenters. The maximum Gasteiger partial charge on any atom is 0.149 e. The Balaban J connectivity index is 3.23. The van der Waals surface area contributed by atoms with E-state index in [1.54, 1.807) is 7.11 Å². The summed E-state index contributed by atoms with van der Waals surface area (Å²) in [5.41, 5.74) is 0.677. The molecule has 0 spiro atoms. The molecule has 0 radical (unpaired) electrons. The smallest absolute Gasteiger partial charge is 0.149 e. The molecule has 0 saturated heterocycles. The molecular weight excluding hydrogens is 365 g/mol. The van der Waals surface area contributed by atoms with Crippen LogP contribution >= 0.6 is 22.6 Å². The third-order valence-corrected chi connectivity index (χ3v) is 3.89. The van der Waals surface area contributed by atoms with Gasteiger partial charge in [0.2, 0.25) is 0 Å². The number of ether oxygens (including phenoxy) is 2. The largest absolute Gasteiger partial charge is 0.359 e. The fourth-order valence-corrected chi connectivity index (χ4v) is 3.24. The molecule has 0 amide bonds. The predicted octanol–water partition coefficient (Wildman–Crippen LogP) is 4.11. The zero-order chi connectivity index (χ0) is 15.2. The van der Waals surface area contributed by atoms with Crippen molar-refractivity contribution in [3.63, 3.8) is 0 Å². The molecule has 0 fully saturated rings. The quantitative estimate of drug-likeness (QED) is 0.535. The lowest BCUT2D eigenvalue weighted by molar-refractivity contribution is -0.164. The Bertz CT molecular complexity index is 397. The second-order valence-corrected chi connectivity index (χ2v) is 6.92. The van der Waals surface area contributed by atoms with Gasteiger partial charge in [-0.2, -0.15) is 0 Å². The first kappa shape index (κ1) is 17.9. The van der Waals surface area contributed by atoms with Gasteiger partial charge in [-0.3, -0.25) is 5.32 Å². The summed E-state index contributed by atoms with van der Waals surface area (Å²) in [5, 5.41) is 3.61. The molecule has 0 aliphatic rings. The van der Waals surface area contributed by atoms with E-state index in [0.717, 1.165) is 6.42 Å². The summed E-state index contributed by atoms with van der Waals surface area (Å²) in [6.45, 7) is 8.98. The van der Waals surface area contributed by atoms with Crippen LogP contribution in [-0.2, 0) is 15.2 Å². The first-order valence-electron chi connectivity index (χ1n) is 7.07. The summed E-state index contributed by atoms with van der Waals surface area (Å²) in [7, 11) is 1.66. The molecule has 0 bridgehead atoms. The second kappa shape index (κ2) is 8.32. The highest BCUT2D eigenvalue weighted by Gasteiger charge is 2.36. The van der Waals surface area contributed by atoms with E-state index in [9.17, 15) is 0 Å². The molecule has 1 aromatic carbocycles. The average Bonchev–Trinajstić information content (AvgIpc) is 2.35. The van der Waals surface area contributed by atoms with E-state index in [1.165, 1.54) is 9.13 Å². The van der Waals surface area contributed by atoms with Crippen molar-refractivity contribution in [2.45, 2.75) is 45.9 Å². The Hall–Kier alpha value is -0.170. The van der Waals surface area contributed by atoms with Crippen LogP contribution in [0.15, 0.2) is 24.3 Å². The van der Waals surface area contributed by atoms with Gasteiger partial charge in [0.25, 0.3) is 0 Å². The number of methoxy groups -OCH3 is 1. The number of halogens is 1. The molecule has 0 saturated carbocycles. The van der Waals surface area contributed by atoms with Crippen LogP contribution in [0.5, 0.6) is 0 Å². The molecule has 0 aromatic heterocycles. The van der Waals surface area contributed by atoms with Gasteiger partial charge in [-0.15, -0.1) is 0 Å². The minimum atomic E-state index is -0.504. The van der Waals surface area contributed by atoms with E-state index < -0.39 is 5.72 Å². The number of nitrogens with one attached hydrogen (secondary N) is 1. The molecule has 4 heteroatoms. The summed E-state index contributed by atoms with van der Waals surface area (Å²) in [6, 6.07) is 8.68. The molecular formula is C16H26INO2. The first-order chi connectivity index (χ1) is 9.41. The highest BCUT2D eigenvalue weighted by molar-refractivity contribution is 14.1. The average molecular weight is 391 g/mol. The summed E-state index contributed by atoms with van der Waals surface area (Å²) in [4.78, 5) is 0. The topological polar surface area (TPSA) is 30.5 Å². The molecule has 20 heavy (non-hydrogen) atoms. The third kappa shape index (κ3) is 4.98. The fraction of sp³-hybridized carbons (Fsp3) is 0.625. The highest BCUT2D eigenvalue weighted by Crippen LogP contribution is 2.33. The van der Waals surface area contributed by atoms with E-state index in [4.69, 9.17) is 9.47 Å². The number of hydrogen-bond acceptors (Lipinski definition) is 3. The van der Waals surface area contributed by atoms with Gasteiger partial charge in [-0.25, -0.2) is 0 Å². The van der Waals surface area contributed by atoms with Gasteiger partial charge in [0.05, 0.1) is 0 Å². The van der Waals surface area contributed by atoms with Gasteiger partial charge in [-0.1, -0.05) is 32.0 Å². The number of hydrogen-bond donors (Lipinski definition) is 1. The van der Waals surface area contributed by atoms with Crippen molar-refractivity contribution in [2.75, 3.05) is 13.9 Å². The van der Waals surface area contributed by atoms with Crippen LogP contribution in [0.1, 0.15) is 39.7 Å². The third-order valence-electron chi connectivity index (χ3n) is 2.95. The van der Waals surface area contributed by atoms with Crippen molar-refractivity contribution in [3.05, 3.63) is 33.4 Å². The predicted molar refractivity (Wildman–Crippen MR) is 91.5 cm³/mol. The van der Waals surface area contributed by atoms with Gasteiger partial charge in [-0.05, 0) is 54.8 Å². The first-order valence-corrected chi connectivity index (χ1v) is 8.14. The van der Waals surface area contributed by atoms with E-state index >= 15 is 0 Å². The molecule has 1 aromatic rings. The Kier molecular flexibility index (Phi) is 7.43. The van der Waals surface area contributed by atoms with Crippen molar-refractivity contribution in [1.82, 2.24) is 5.32 Å². The van der Waals surface area contributed by atoms with E-state index in [-0.39, 0.29) is 6.79 Å². The van der Waals surface area contributed by atoms with Crippen LogP contribution in [0.4, 0.5) is 0 Å². The fourth-order valence-electron chi connectivity index (χ4n) is 2.41. The van der Waals surface area contributed by atoms with Crippen LogP contribution in [0.2, 0.25) is 0 Å². The Morgan fingerprint density at radius 2 is 1.85 bits per heavy atom. The zero-order valence-electron chi connectivity index (χ0n) is 13.1. The van der Waals surface area contributed by atoms with Gasteiger partial charge in [0.15, 0.2) is 0 Å². The van der Waals surface area contributed by atoms with E-state index in [0.29, 0.717) is 12.0 Å². The normalized spacial score (nSPS) is 14.8. The van der Waals surface area contributed by atoms with Gasteiger partial charge in [0.1, 0.15) is 12.5 Å². The highest BCUT2D eigenvalue weighted by atomic mass is 127. The molecule has 114 valence electrons. The molecule has 1 rings (SSSR count). The number of rotatable bonds is 8. The summed E-state index contributed by atoms with van der Waals surface area (Å²) >= 11 is 2.37. The molecule has 0 heterocycles. The van der Waals surface area contributed by atoms with Crippen molar-refractivity contribution >= 4 is 22.6 Å². The molecule has 1 N–H and O–H groups in total. The molecule has 3 nitrogen and oxygen atoms in total. The van der Waals surface area contributed by atoms with Crippen LogP contribution in [0, 0.1) is 9.49 Å². The summed E-state index contributed by atoms with van der Waals surface area (Å²) in [5.74, 6) is 0.508. The maximum atomic E-state index is 6.13. The molecule has 0 aliphatic carbocycles. The van der Waals surface area contributed by atoms with Crippen molar-refractivity contribution in [2.24, 2.45) is 5.92 Å². The lowest BCUT2D eigenvalue weighted by Crippen LogP contribution is -2.50. The molecule has 1 unspecified atom stereocenters. The minimum Gasteiger partial charge on any atom is -0.359 e. The van der Waals surface area contributed by atoms with Crippen LogP contribution in [-0.4, -0.2) is 19.9 Å². The van der Waals surface area contributed by atoms with E-state index in [2.05, 4.69) is 79.9 Å². The standard InChI is InChI=1S/C16H26INO2/c1-12(2)10-16(18-13(3)4,20-11-19-5)14-8-6-7-9-15(14)17/h6-9,12-13,18H,10-11H2,1-5H3. The van der Waals surface area contributed by atoms with Crippen LogP contribution in [0.3, 0.4) is 0 Å². The molecule has 0 aliphatic heterocycles. The lowest BCUT2D eigenvalue weighted by atomic mass is 9.92. The van der Waals surface area contributed by atoms with Crippen LogP contribution in [0.25, 0.3) is 0 Å². The second-order valence-electron chi connectivity index (χ2n) is 5.75. The number of benzene rings is 1. The summed E-state index contributed by atoms with van der Waals surface area (Å²) < 4.78 is 12.5. The summed E-state index contributed by atoms with van der Waals surface area (Å²) in [6.07, 6.45) is 0.897. The Morgan fingerprint density at radius 3 is 2.35 bits per heavy atom. The van der Waals surface area contributed by atoms with Crippen molar-refractivity contribution < 1.29 is 9.47 Å². The van der Waals surface area contributed by atoms with Gasteiger partial charge < -0.3 is 9.47 Å². The Labute approximate surface area is 136 Å². The van der Waals surface area contributed by atoms with Gasteiger partial charge >= 0.3 is 0 Å². The van der Waals surface area contributed by atoms with Crippen LogP contribution < -0.4 is 5.32 Å². The lowest BCUT2D eigenvalue weighted by Gasteiger charge is -2.38. The SMILES string of the molecule is COCOC(CC(C)C)(NC(C)C)c1ccccc1I. The maximum absolute atomic E-state index is 6.13. The van der Waals surface area contributed by atoms with Crippen molar-refractivity contribution in [1.29, 1.82) is 0 Å². The van der Waals surface area contributed by atoms with E-state index in [1.807, 2.05) is 0 Å². The zero-order valence-corrected chi connectivity index (χ0v) is 15.2.